The topological polar surface area (TPSA) is 133 Å². The van der Waals surface area contributed by atoms with Crippen molar-refractivity contribution in [3.8, 4) is 45.6 Å². The smallest absolute Gasteiger partial charge is 0.411 e. The molecule has 0 aliphatic rings. The Hall–Kier alpha value is -8.34. The van der Waals surface area contributed by atoms with E-state index in [2.05, 4.69) is 4.98 Å². The van der Waals surface area contributed by atoms with Crippen molar-refractivity contribution >= 4 is 32.8 Å². The van der Waals surface area contributed by atoms with Gasteiger partial charge in [-0.2, -0.15) is 34.8 Å². The fourth-order valence-corrected chi connectivity index (χ4v) is 8.02. The highest BCUT2D eigenvalue weighted by Gasteiger charge is 2.72. The van der Waals surface area contributed by atoms with Gasteiger partial charge < -0.3 is 13.9 Å². The number of carbonyl (C=O) groups is 2. The molecule has 73 heavy (non-hydrogen) atoms. The first-order chi connectivity index (χ1) is 34.6. The normalized spacial score (nSPS) is 11.9. The number of aromatic nitrogens is 1. The van der Waals surface area contributed by atoms with Crippen LogP contribution in [0.1, 0.15) is 54.1 Å². The van der Waals surface area contributed by atoms with E-state index >= 15 is 0 Å². The summed E-state index contributed by atoms with van der Waals surface area (Å²) in [6, 6.07) is 46.6. The SMILES string of the molecule is CS(=O)(=O)O.Cc1ccc(C(=O)c2ccc(Oc3ccc(C(c4ccc(Oc5ccc(C(=O)c6ccc(-c7ccc(C)c(-c8nc9ccccc9o8)c7)cc6)cc5)cc4)(C(F)(F)F)C(F)(F)F)cc3)cc2)cc1. The van der Waals surface area contributed by atoms with Gasteiger partial charge in [-0.3, -0.25) is 14.1 Å². The van der Waals surface area contributed by atoms with Crippen molar-refractivity contribution in [2.24, 2.45) is 0 Å². The number of halogens is 6. The molecule has 0 radical (unpaired) electrons. The Bertz CT molecular complexity index is 3480. The summed E-state index contributed by atoms with van der Waals surface area (Å²) in [5, 5.41) is 0. The zero-order valence-corrected chi connectivity index (χ0v) is 39.6. The van der Waals surface area contributed by atoms with Gasteiger partial charge in [0.2, 0.25) is 11.3 Å². The molecule has 0 fully saturated rings. The van der Waals surface area contributed by atoms with Crippen LogP contribution in [0.2, 0.25) is 0 Å². The predicted octanol–water partition coefficient (Wildman–Crippen LogP) is 14.7. The van der Waals surface area contributed by atoms with Gasteiger partial charge in [0.15, 0.2) is 17.1 Å². The number of ether oxygens (including phenoxy) is 2. The lowest BCUT2D eigenvalue weighted by molar-refractivity contribution is -0.288. The standard InChI is InChI=1S/C56H37F6NO5.CH4O3S/c1-34-7-10-37(11-8-34)51(64)39-17-25-44(26-18-39)66-46-29-21-42(22-30-46)54(55(57,58)59,56(60,61)62)43-23-31-47(32-24-43)67-45-27-19-40(20-28-45)52(65)38-15-13-36(14-16-38)41-12-9-35(2)48(33-41)53-63-49-5-3-4-6-50(49)68-53;1-5(2,3)4/h3-33H,1-2H3;1H3,(H,2,3,4). The molecule has 1 aromatic heterocycles. The first-order valence-electron chi connectivity index (χ1n) is 22.1. The molecule has 8 aromatic carbocycles. The molecule has 1 heterocycles. The Morgan fingerprint density at radius 2 is 0.890 bits per heavy atom. The molecular formula is C57H41F6NO8S. The van der Waals surface area contributed by atoms with Crippen molar-refractivity contribution in [2.45, 2.75) is 31.6 Å². The minimum atomic E-state index is -5.82. The summed E-state index contributed by atoms with van der Waals surface area (Å²) in [6.07, 6.45) is -10.9. The molecule has 0 atom stereocenters. The van der Waals surface area contributed by atoms with Crippen molar-refractivity contribution in [2.75, 3.05) is 6.26 Å². The minimum absolute atomic E-state index is 0.0233. The summed E-state index contributed by atoms with van der Waals surface area (Å²) < 4.78 is 133. The number of fused-ring (bicyclic) bond motifs is 1. The number of aryl methyl sites for hydroxylation is 2. The second-order valence-corrected chi connectivity index (χ2v) is 18.4. The van der Waals surface area contributed by atoms with Gasteiger partial charge in [-0.05, 0) is 133 Å². The second-order valence-electron chi connectivity index (χ2n) is 16.9. The molecule has 9 aromatic rings. The zero-order valence-electron chi connectivity index (χ0n) is 38.8. The highest BCUT2D eigenvalue weighted by atomic mass is 32.2. The lowest BCUT2D eigenvalue weighted by Crippen LogP contribution is -2.54. The summed E-state index contributed by atoms with van der Waals surface area (Å²) in [6.45, 7) is 3.87. The Morgan fingerprint density at radius 1 is 0.521 bits per heavy atom. The number of ketones is 2. The van der Waals surface area contributed by atoms with Crippen molar-refractivity contribution in [1.82, 2.24) is 4.98 Å². The lowest BCUT2D eigenvalue weighted by Gasteiger charge is -2.38. The number of para-hydroxylation sites is 2. The van der Waals surface area contributed by atoms with Crippen LogP contribution in [0.4, 0.5) is 26.3 Å². The first kappa shape index (κ1) is 51.0. The van der Waals surface area contributed by atoms with Gasteiger partial charge in [0.25, 0.3) is 10.1 Å². The number of rotatable bonds is 12. The van der Waals surface area contributed by atoms with E-state index in [1.807, 2.05) is 80.6 Å². The van der Waals surface area contributed by atoms with E-state index in [0.29, 0.717) is 40.0 Å². The molecule has 1 N–H and O–H groups in total. The Kier molecular flexibility index (Phi) is 14.3. The molecule has 0 unspecified atom stereocenters. The molecule has 0 spiro atoms. The van der Waals surface area contributed by atoms with Crippen LogP contribution >= 0.6 is 0 Å². The van der Waals surface area contributed by atoms with Crippen molar-refractivity contribution in [3.63, 3.8) is 0 Å². The Morgan fingerprint density at radius 3 is 1.30 bits per heavy atom. The molecule has 9 nitrogen and oxygen atoms in total. The third kappa shape index (κ3) is 11.4. The molecule has 16 heteroatoms. The fourth-order valence-electron chi connectivity index (χ4n) is 8.02. The van der Waals surface area contributed by atoms with Gasteiger partial charge in [0.05, 0.1) is 6.26 Å². The number of nitrogens with zero attached hydrogens (tertiary/aromatic N) is 1. The maximum atomic E-state index is 15.0. The quantitative estimate of drug-likeness (QED) is 0.0721. The van der Waals surface area contributed by atoms with Gasteiger partial charge in [0.1, 0.15) is 28.5 Å². The van der Waals surface area contributed by atoms with Crippen LogP contribution < -0.4 is 9.47 Å². The highest BCUT2D eigenvalue weighted by Crippen LogP contribution is 2.56. The molecule has 0 amide bonds. The fraction of sp³-hybridized carbons (Fsp3) is 0.105. The maximum absolute atomic E-state index is 15.0. The zero-order chi connectivity index (χ0) is 52.3. The van der Waals surface area contributed by atoms with Crippen molar-refractivity contribution in [1.29, 1.82) is 0 Å². The lowest BCUT2D eigenvalue weighted by atomic mass is 9.73. The van der Waals surface area contributed by atoms with Crippen LogP contribution in [0.5, 0.6) is 23.0 Å². The third-order valence-corrected chi connectivity index (χ3v) is 11.7. The summed E-state index contributed by atoms with van der Waals surface area (Å²) in [4.78, 5) is 31.0. The van der Waals surface area contributed by atoms with E-state index in [1.165, 1.54) is 48.5 Å². The van der Waals surface area contributed by atoms with E-state index < -0.39 is 39.0 Å². The van der Waals surface area contributed by atoms with Gasteiger partial charge >= 0.3 is 12.4 Å². The molecule has 0 aliphatic heterocycles. The molecule has 0 bridgehead atoms. The first-order valence-corrected chi connectivity index (χ1v) is 24.0. The molecular weight excluding hydrogens is 973 g/mol. The number of hydrogen-bond acceptors (Lipinski definition) is 8. The van der Waals surface area contributed by atoms with Crippen LogP contribution in [0, 0.1) is 13.8 Å². The van der Waals surface area contributed by atoms with E-state index in [4.69, 9.17) is 18.4 Å². The molecule has 0 aliphatic carbocycles. The summed E-state index contributed by atoms with van der Waals surface area (Å²) >= 11 is 0. The molecule has 9 rings (SSSR count). The second kappa shape index (κ2) is 20.4. The van der Waals surface area contributed by atoms with Crippen LogP contribution in [-0.4, -0.2) is 48.1 Å². The van der Waals surface area contributed by atoms with E-state index in [1.54, 1.807) is 24.3 Å². The maximum Gasteiger partial charge on any atom is 0.411 e. The Labute approximate surface area is 415 Å². The van der Waals surface area contributed by atoms with E-state index in [0.717, 1.165) is 81.9 Å². The van der Waals surface area contributed by atoms with Gasteiger partial charge in [0, 0.05) is 27.8 Å². The number of carbonyl (C=O) groups excluding carboxylic acids is 2. The minimum Gasteiger partial charge on any atom is -0.457 e. The summed E-state index contributed by atoms with van der Waals surface area (Å²) in [5.41, 5.74) is 1.06. The van der Waals surface area contributed by atoms with Gasteiger partial charge in [-0.1, -0.05) is 103 Å². The average molecular weight is 1010 g/mol. The number of oxazole rings is 1. The van der Waals surface area contributed by atoms with Crippen LogP contribution in [0.25, 0.3) is 33.7 Å². The Balaban J connectivity index is 0.00000136. The monoisotopic (exact) mass is 1010 g/mol. The molecule has 0 saturated heterocycles. The third-order valence-electron chi connectivity index (χ3n) is 11.7. The van der Waals surface area contributed by atoms with Crippen LogP contribution in [0.15, 0.2) is 192 Å². The highest BCUT2D eigenvalue weighted by molar-refractivity contribution is 7.85. The van der Waals surface area contributed by atoms with E-state index in [-0.39, 0.29) is 34.6 Å². The van der Waals surface area contributed by atoms with E-state index in [9.17, 15) is 44.3 Å². The van der Waals surface area contributed by atoms with Crippen molar-refractivity contribution in [3.05, 3.63) is 233 Å². The molecule has 370 valence electrons. The molecule has 0 saturated carbocycles. The predicted molar refractivity (Wildman–Crippen MR) is 264 cm³/mol. The summed E-state index contributed by atoms with van der Waals surface area (Å²) in [7, 11) is -3.67. The van der Waals surface area contributed by atoms with Gasteiger partial charge in [-0.25, -0.2) is 4.98 Å². The number of alkyl halides is 6. The van der Waals surface area contributed by atoms with Crippen LogP contribution in [0.3, 0.4) is 0 Å². The largest absolute Gasteiger partial charge is 0.457 e. The number of hydrogen-bond donors (Lipinski definition) is 1. The van der Waals surface area contributed by atoms with Crippen molar-refractivity contribution < 1.29 is 62.8 Å². The average Bonchev–Trinajstić information content (AvgIpc) is 3.79. The number of benzene rings is 8. The van der Waals surface area contributed by atoms with Gasteiger partial charge in [-0.15, -0.1) is 0 Å². The van der Waals surface area contributed by atoms with Crippen LogP contribution in [-0.2, 0) is 15.5 Å². The summed E-state index contributed by atoms with van der Waals surface area (Å²) in [5.74, 6) is 0.347.